The molecule has 0 aliphatic heterocycles. The Balaban J connectivity index is 1.98. The molecule has 124 valence electrons. The lowest BCUT2D eigenvalue weighted by Gasteiger charge is -2.07. The fraction of sp³-hybridized carbons (Fsp3) is 0. The van der Waals surface area contributed by atoms with Gasteiger partial charge in [0.15, 0.2) is 0 Å². The van der Waals surface area contributed by atoms with Crippen molar-refractivity contribution in [3.05, 3.63) is 90.0 Å². The predicted octanol–water partition coefficient (Wildman–Crippen LogP) is 2.91. The second-order valence-corrected chi connectivity index (χ2v) is 5.28. The average Bonchev–Trinajstić information content (AvgIpc) is 2.64. The van der Waals surface area contributed by atoms with E-state index in [1.807, 2.05) is 42.5 Å². The quantitative estimate of drug-likeness (QED) is 0.437. The molecular weight excluding hydrogens is 317 g/mol. The van der Waals surface area contributed by atoms with Gasteiger partial charge in [-0.1, -0.05) is 48.5 Å². The summed E-state index contributed by atoms with van der Waals surface area (Å²) in [5.41, 5.74) is 14.5. The van der Waals surface area contributed by atoms with Gasteiger partial charge in [0.25, 0.3) is 0 Å². The fourth-order valence-corrected chi connectivity index (χ4v) is 2.31. The van der Waals surface area contributed by atoms with Gasteiger partial charge in [-0.2, -0.15) is 0 Å². The van der Waals surface area contributed by atoms with E-state index in [9.17, 15) is 4.39 Å². The Bertz CT molecular complexity index is 897. The number of rotatable bonds is 4. The summed E-state index contributed by atoms with van der Waals surface area (Å²) in [7, 11) is 0. The fourth-order valence-electron chi connectivity index (χ4n) is 2.31. The van der Waals surface area contributed by atoms with Crippen molar-refractivity contribution in [1.29, 1.82) is 0 Å². The van der Waals surface area contributed by atoms with Crippen molar-refractivity contribution in [2.75, 3.05) is 0 Å². The molecule has 0 bridgehead atoms. The predicted molar refractivity (Wildman–Crippen MR) is 97.5 cm³/mol. The number of guanidine groups is 1. The lowest BCUT2D eigenvalue weighted by atomic mass is 10.0. The first-order valence-corrected chi connectivity index (χ1v) is 7.58. The second-order valence-electron chi connectivity index (χ2n) is 5.28. The Morgan fingerprint density at radius 1 is 0.800 bits per heavy atom. The van der Waals surface area contributed by atoms with E-state index >= 15 is 0 Å². The number of pyridine rings is 1. The highest BCUT2D eigenvalue weighted by atomic mass is 19.1. The zero-order valence-electron chi connectivity index (χ0n) is 13.3. The highest BCUT2D eigenvalue weighted by Crippen LogP contribution is 2.20. The Hall–Kier alpha value is -3.54. The van der Waals surface area contributed by atoms with Crippen molar-refractivity contribution in [3.63, 3.8) is 0 Å². The van der Waals surface area contributed by atoms with Crippen LogP contribution in [0.2, 0.25) is 0 Å². The van der Waals surface area contributed by atoms with E-state index in [1.165, 1.54) is 12.1 Å². The number of hydrogen-bond acceptors (Lipinski definition) is 3. The molecule has 4 N–H and O–H groups in total. The van der Waals surface area contributed by atoms with Crippen molar-refractivity contribution < 1.29 is 4.39 Å². The van der Waals surface area contributed by atoms with Crippen LogP contribution in [0.25, 0.3) is 11.1 Å². The third-order valence-corrected chi connectivity index (χ3v) is 3.50. The van der Waals surface area contributed by atoms with Gasteiger partial charge in [0.05, 0.1) is 5.69 Å². The van der Waals surface area contributed by atoms with E-state index in [0.29, 0.717) is 11.4 Å². The molecule has 0 spiro atoms. The number of benzene rings is 2. The highest BCUT2D eigenvalue weighted by molar-refractivity contribution is 6.11. The van der Waals surface area contributed by atoms with E-state index < -0.39 is 0 Å². The van der Waals surface area contributed by atoms with Crippen molar-refractivity contribution >= 4 is 11.7 Å². The van der Waals surface area contributed by atoms with Gasteiger partial charge in [-0.05, 0) is 23.8 Å². The number of nitrogens with zero attached hydrogens (tertiary/aromatic N) is 3. The number of hydrogen-bond donors (Lipinski definition) is 2. The second kappa shape index (κ2) is 7.35. The zero-order valence-corrected chi connectivity index (χ0v) is 13.3. The van der Waals surface area contributed by atoms with Crippen LogP contribution in [0.5, 0.6) is 0 Å². The standard InChI is InChI=1S/C19H16FN5/c20-16-9-6-13(7-10-16)15-8-11-17(23-12-15)18(24-25-19(21)22)14-4-2-1-3-5-14/h1-12H,(H4,21,22,25)/b24-18-. The first kappa shape index (κ1) is 16.3. The number of nitrogens with two attached hydrogens (primary N) is 2. The summed E-state index contributed by atoms with van der Waals surface area (Å²) < 4.78 is 13.0. The SMILES string of the molecule is NC(N)=N/N=C(/c1ccccc1)c1ccc(-c2ccc(F)cc2)cn1. The van der Waals surface area contributed by atoms with Gasteiger partial charge < -0.3 is 11.5 Å². The highest BCUT2D eigenvalue weighted by Gasteiger charge is 2.09. The van der Waals surface area contributed by atoms with Crippen molar-refractivity contribution in [2.24, 2.45) is 21.7 Å². The Labute approximate surface area is 144 Å². The molecule has 0 fully saturated rings. The molecule has 0 saturated carbocycles. The van der Waals surface area contributed by atoms with Crippen molar-refractivity contribution in [1.82, 2.24) is 4.98 Å². The van der Waals surface area contributed by atoms with Crippen molar-refractivity contribution in [2.45, 2.75) is 0 Å². The molecule has 1 heterocycles. The molecule has 0 saturated heterocycles. The molecule has 3 rings (SSSR count). The first-order valence-electron chi connectivity index (χ1n) is 7.58. The summed E-state index contributed by atoms with van der Waals surface area (Å²) in [6.45, 7) is 0. The average molecular weight is 333 g/mol. The maximum absolute atomic E-state index is 13.0. The minimum absolute atomic E-state index is 0.128. The summed E-state index contributed by atoms with van der Waals surface area (Å²) >= 11 is 0. The number of aromatic nitrogens is 1. The van der Waals surface area contributed by atoms with Crippen LogP contribution in [0.15, 0.2) is 83.1 Å². The van der Waals surface area contributed by atoms with Gasteiger partial charge in [0, 0.05) is 17.3 Å². The summed E-state index contributed by atoms with van der Waals surface area (Å²) in [5.74, 6) is -0.402. The van der Waals surface area contributed by atoms with E-state index in [0.717, 1.165) is 16.7 Å². The summed E-state index contributed by atoms with van der Waals surface area (Å²) in [6.07, 6.45) is 1.70. The molecule has 0 aliphatic rings. The third-order valence-electron chi connectivity index (χ3n) is 3.50. The largest absolute Gasteiger partial charge is 0.369 e. The molecule has 1 aromatic heterocycles. The van der Waals surface area contributed by atoms with Crippen LogP contribution in [0.1, 0.15) is 11.3 Å². The topological polar surface area (TPSA) is 89.7 Å². The van der Waals surface area contributed by atoms with Gasteiger partial charge >= 0.3 is 0 Å². The van der Waals surface area contributed by atoms with Crippen LogP contribution >= 0.6 is 0 Å². The summed E-state index contributed by atoms with van der Waals surface area (Å²) in [5, 5.41) is 7.87. The Kier molecular flexibility index (Phi) is 4.80. The third kappa shape index (κ3) is 4.06. The lowest BCUT2D eigenvalue weighted by Crippen LogP contribution is -2.22. The molecule has 0 radical (unpaired) electrons. The zero-order chi connectivity index (χ0) is 17.6. The van der Waals surface area contributed by atoms with Crippen LogP contribution < -0.4 is 11.5 Å². The Morgan fingerprint density at radius 2 is 1.48 bits per heavy atom. The van der Waals surface area contributed by atoms with Crippen LogP contribution in [0, 0.1) is 5.82 Å². The summed E-state index contributed by atoms with van der Waals surface area (Å²) in [6, 6.07) is 19.5. The molecular formula is C19H16FN5. The van der Waals surface area contributed by atoms with Gasteiger partial charge in [-0.3, -0.25) is 4.98 Å². The monoisotopic (exact) mass is 333 g/mol. The lowest BCUT2D eigenvalue weighted by molar-refractivity contribution is 0.628. The van der Waals surface area contributed by atoms with E-state index in [-0.39, 0.29) is 11.8 Å². The van der Waals surface area contributed by atoms with Crippen molar-refractivity contribution in [3.8, 4) is 11.1 Å². The molecule has 3 aromatic rings. The molecule has 6 heteroatoms. The molecule has 25 heavy (non-hydrogen) atoms. The molecule has 0 atom stereocenters. The molecule has 0 amide bonds. The van der Waals surface area contributed by atoms with E-state index in [2.05, 4.69) is 15.2 Å². The molecule has 0 unspecified atom stereocenters. The normalized spacial score (nSPS) is 11.2. The maximum Gasteiger partial charge on any atom is 0.211 e. The molecule has 5 nitrogen and oxygen atoms in total. The van der Waals surface area contributed by atoms with E-state index in [1.54, 1.807) is 18.3 Å². The minimum atomic E-state index is -0.274. The van der Waals surface area contributed by atoms with Gasteiger partial charge in [-0.15, -0.1) is 10.2 Å². The summed E-state index contributed by atoms with van der Waals surface area (Å²) in [4.78, 5) is 4.46. The Morgan fingerprint density at radius 3 is 2.08 bits per heavy atom. The van der Waals surface area contributed by atoms with Gasteiger partial charge in [0.1, 0.15) is 11.5 Å². The molecule has 0 aliphatic carbocycles. The maximum atomic E-state index is 13.0. The van der Waals surface area contributed by atoms with Crippen LogP contribution in [0.3, 0.4) is 0 Å². The smallest absolute Gasteiger partial charge is 0.211 e. The minimum Gasteiger partial charge on any atom is -0.369 e. The first-order chi connectivity index (χ1) is 12.1. The van der Waals surface area contributed by atoms with E-state index in [4.69, 9.17) is 11.5 Å². The molecule has 2 aromatic carbocycles. The van der Waals surface area contributed by atoms with Crippen LogP contribution in [-0.4, -0.2) is 16.7 Å². The number of halogens is 1. The van der Waals surface area contributed by atoms with Crippen LogP contribution in [-0.2, 0) is 0 Å². The van der Waals surface area contributed by atoms with Gasteiger partial charge in [-0.25, -0.2) is 4.39 Å². The van der Waals surface area contributed by atoms with Gasteiger partial charge in [0.2, 0.25) is 5.96 Å². The van der Waals surface area contributed by atoms with Crippen LogP contribution in [0.4, 0.5) is 4.39 Å².